The maximum atomic E-state index is 12.9. The highest BCUT2D eigenvalue weighted by molar-refractivity contribution is 6.00. The van der Waals surface area contributed by atoms with E-state index in [1.54, 1.807) is 17.8 Å². The number of pyridine rings is 1. The summed E-state index contributed by atoms with van der Waals surface area (Å²) >= 11 is 0. The molecule has 0 bridgehead atoms. The van der Waals surface area contributed by atoms with E-state index in [1.165, 1.54) is 5.56 Å². The number of ether oxygens (including phenoxy) is 1. The number of hydrogen-bond donors (Lipinski definition) is 0. The molecular formula is C20H21N3O2. The second-order valence-electron chi connectivity index (χ2n) is 6.43. The Labute approximate surface area is 146 Å². The van der Waals surface area contributed by atoms with Crippen LogP contribution in [0, 0.1) is 0 Å². The number of fused-ring (bicyclic) bond motifs is 1. The van der Waals surface area contributed by atoms with Gasteiger partial charge in [0.2, 0.25) is 0 Å². The number of hydrogen-bond acceptors (Lipinski definition) is 3. The zero-order chi connectivity index (χ0) is 17.2. The first kappa shape index (κ1) is 15.7. The van der Waals surface area contributed by atoms with Crippen molar-refractivity contribution in [3.63, 3.8) is 0 Å². The van der Waals surface area contributed by atoms with Crippen LogP contribution in [0.15, 0.2) is 54.9 Å². The van der Waals surface area contributed by atoms with E-state index in [2.05, 4.69) is 17.2 Å². The lowest BCUT2D eigenvalue weighted by molar-refractivity contribution is 0.0715. The molecule has 0 unspecified atom stereocenters. The van der Waals surface area contributed by atoms with Gasteiger partial charge in [0, 0.05) is 19.3 Å². The zero-order valence-electron chi connectivity index (χ0n) is 14.3. The molecule has 0 radical (unpaired) electrons. The Morgan fingerprint density at radius 3 is 2.80 bits per heavy atom. The van der Waals surface area contributed by atoms with E-state index in [9.17, 15) is 4.79 Å². The van der Waals surface area contributed by atoms with Crippen molar-refractivity contribution in [1.82, 2.24) is 14.5 Å². The van der Waals surface area contributed by atoms with E-state index in [0.717, 1.165) is 37.2 Å². The smallest absolute Gasteiger partial charge is 0.257 e. The summed E-state index contributed by atoms with van der Waals surface area (Å²) in [5.41, 5.74) is 2.84. The van der Waals surface area contributed by atoms with E-state index in [1.807, 2.05) is 41.4 Å². The fourth-order valence-corrected chi connectivity index (χ4v) is 3.58. The third kappa shape index (κ3) is 2.97. The maximum absolute atomic E-state index is 12.9. The average molecular weight is 335 g/mol. The van der Waals surface area contributed by atoms with Gasteiger partial charge in [-0.05, 0) is 48.6 Å². The van der Waals surface area contributed by atoms with Gasteiger partial charge in [0.15, 0.2) is 0 Å². The Kier molecular flexibility index (Phi) is 4.14. The Hall–Kier alpha value is -2.82. The number of piperidine rings is 1. The quantitative estimate of drug-likeness (QED) is 0.737. The molecule has 1 amide bonds. The molecule has 1 aromatic carbocycles. The predicted molar refractivity (Wildman–Crippen MR) is 96.1 cm³/mol. The van der Waals surface area contributed by atoms with Crippen LogP contribution in [0.5, 0.6) is 5.75 Å². The number of rotatable bonds is 3. The van der Waals surface area contributed by atoms with Crippen LogP contribution >= 0.6 is 0 Å². The summed E-state index contributed by atoms with van der Waals surface area (Å²) < 4.78 is 7.07. The molecule has 0 atom stereocenters. The number of carbonyl (C=O) groups excluding carboxylic acids is 1. The SMILES string of the molecule is COc1cccc(C2CCN(C(=O)c3cnn4ccccc34)CC2)c1. The maximum Gasteiger partial charge on any atom is 0.257 e. The normalized spacial score (nSPS) is 15.5. The van der Waals surface area contributed by atoms with Gasteiger partial charge in [-0.3, -0.25) is 4.79 Å². The number of aromatic nitrogens is 2. The van der Waals surface area contributed by atoms with Crippen molar-refractivity contribution in [2.75, 3.05) is 20.2 Å². The van der Waals surface area contributed by atoms with Crippen LogP contribution in [0.25, 0.3) is 5.52 Å². The third-order valence-corrected chi connectivity index (χ3v) is 5.00. The molecule has 1 fully saturated rings. The number of carbonyl (C=O) groups is 1. The van der Waals surface area contributed by atoms with Crippen molar-refractivity contribution in [3.8, 4) is 5.75 Å². The Bertz CT molecular complexity index is 895. The van der Waals surface area contributed by atoms with Gasteiger partial charge in [-0.25, -0.2) is 4.52 Å². The molecule has 1 aliphatic rings. The third-order valence-electron chi connectivity index (χ3n) is 5.00. The van der Waals surface area contributed by atoms with Gasteiger partial charge in [-0.1, -0.05) is 18.2 Å². The molecule has 128 valence electrons. The molecule has 25 heavy (non-hydrogen) atoms. The van der Waals surface area contributed by atoms with Crippen molar-refractivity contribution >= 4 is 11.4 Å². The summed E-state index contributed by atoms with van der Waals surface area (Å²) in [5, 5.41) is 4.27. The van der Waals surface area contributed by atoms with Gasteiger partial charge in [0.05, 0.1) is 24.4 Å². The van der Waals surface area contributed by atoms with Crippen LogP contribution in [0.4, 0.5) is 0 Å². The second kappa shape index (κ2) is 6.59. The molecule has 2 aromatic heterocycles. The van der Waals surface area contributed by atoms with E-state index < -0.39 is 0 Å². The van der Waals surface area contributed by atoms with Crippen molar-refractivity contribution in [2.24, 2.45) is 0 Å². The summed E-state index contributed by atoms with van der Waals surface area (Å²) in [7, 11) is 1.69. The Morgan fingerprint density at radius 1 is 1.16 bits per heavy atom. The molecule has 3 heterocycles. The largest absolute Gasteiger partial charge is 0.497 e. The molecule has 4 rings (SSSR count). The number of methoxy groups -OCH3 is 1. The molecule has 1 aliphatic heterocycles. The Morgan fingerprint density at radius 2 is 2.00 bits per heavy atom. The van der Waals surface area contributed by atoms with Crippen LogP contribution in [-0.2, 0) is 0 Å². The topological polar surface area (TPSA) is 46.8 Å². The highest BCUT2D eigenvalue weighted by atomic mass is 16.5. The number of amides is 1. The lowest BCUT2D eigenvalue weighted by atomic mass is 9.89. The molecular weight excluding hydrogens is 314 g/mol. The minimum atomic E-state index is 0.0743. The first-order chi connectivity index (χ1) is 12.3. The molecule has 0 N–H and O–H groups in total. The minimum absolute atomic E-state index is 0.0743. The summed E-state index contributed by atoms with van der Waals surface area (Å²) in [6, 6.07) is 14.0. The first-order valence-corrected chi connectivity index (χ1v) is 8.62. The van der Waals surface area contributed by atoms with Crippen molar-refractivity contribution < 1.29 is 9.53 Å². The molecule has 0 saturated carbocycles. The summed E-state index contributed by atoms with van der Waals surface area (Å²) in [6.07, 6.45) is 5.48. The number of benzene rings is 1. The molecule has 5 nitrogen and oxygen atoms in total. The molecule has 0 aliphatic carbocycles. The van der Waals surface area contributed by atoms with Gasteiger partial charge in [0.1, 0.15) is 5.75 Å². The lowest BCUT2D eigenvalue weighted by Gasteiger charge is -2.32. The van der Waals surface area contributed by atoms with Crippen LogP contribution in [-0.4, -0.2) is 40.6 Å². The fraction of sp³-hybridized carbons (Fsp3) is 0.300. The van der Waals surface area contributed by atoms with Crippen molar-refractivity contribution in [2.45, 2.75) is 18.8 Å². The summed E-state index contributed by atoms with van der Waals surface area (Å²) in [5.74, 6) is 1.44. The van der Waals surface area contributed by atoms with Crippen LogP contribution in [0.2, 0.25) is 0 Å². The minimum Gasteiger partial charge on any atom is -0.497 e. The predicted octanol–water partition coefficient (Wildman–Crippen LogP) is 3.36. The molecule has 3 aromatic rings. The summed E-state index contributed by atoms with van der Waals surface area (Å²) in [6.45, 7) is 1.54. The van der Waals surface area contributed by atoms with Crippen molar-refractivity contribution in [1.29, 1.82) is 0 Å². The Balaban J connectivity index is 1.47. The average Bonchev–Trinajstić information content (AvgIpc) is 3.12. The van der Waals surface area contributed by atoms with Crippen LogP contribution in [0.3, 0.4) is 0 Å². The van der Waals surface area contributed by atoms with Crippen LogP contribution < -0.4 is 4.74 Å². The van der Waals surface area contributed by atoms with Gasteiger partial charge < -0.3 is 9.64 Å². The van der Waals surface area contributed by atoms with Crippen molar-refractivity contribution in [3.05, 3.63) is 66.0 Å². The van der Waals surface area contributed by atoms with E-state index >= 15 is 0 Å². The van der Waals surface area contributed by atoms with E-state index in [0.29, 0.717) is 11.5 Å². The first-order valence-electron chi connectivity index (χ1n) is 8.62. The highest BCUT2D eigenvalue weighted by Crippen LogP contribution is 2.30. The zero-order valence-corrected chi connectivity index (χ0v) is 14.3. The second-order valence-corrected chi connectivity index (χ2v) is 6.43. The summed E-state index contributed by atoms with van der Waals surface area (Å²) in [4.78, 5) is 14.8. The molecule has 1 saturated heterocycles. The van der Waals surface area contributed by atoms with Gasteiger partial charge in [-0.15, -0.1) is 0 Å². The number of nitrogens with zero attached hydrogens (tertiary/aromatic N) is 3. The monoisotopic (exact) mass is 335 g/mol. The van der Waals surface area contributed by atoms with Gasteiger partial charge in [0.25, 0.3) is 5.91 Å². The highest BCUT2D eigenvalue weighted by Gasteiger charge is 2.26. The van der Waals surface area contributed by atoms with Crippen LogP contribution in [0.1, 0.15) is 34.7 Å². The lowest BCUT2D eigenvalue weighted by Crippen LogP contribution is -2.37. The molecule has 0 spiro atoms. The molecule has 5 heteroatoms. The van der Waals surface area contributed by atoms with Gasteiger partial charge >= 0.3 is 0 Å². The van der Waals surface area contributed by atoms with Gasteiger partial charge in [-0.2, -0.15) is 5.10 Å². The van der Waals surface area contributed by atoms with E-state index in [4.69, 9.17) is 4.74 Å². The fourth-order valence-electron chi connectivity index (χ4n) is 3.58. The number of likely N-dealkylation sites (tertiary alicyclic amines) is 1. The van der Waals surface area contributed by atoms with E-state index in [-0.39, 0.29) is 5.91 Å². The standard InChI is InChI=1S/C20H21N3O2/c1-25-17-6-4-5-16(13-17)15-8-11-22(12-9-15)20(24)18-14-21-23-10-3-2-7-19(18)23/h2-7,10,13-15H,8-9,11-12H2,1H3.